The quantitative estimate of drug-likeness (QED) is 0.895. The van der Waals surface area contributed by atoms with Crippen LogP contribution in [0.4, 0.5) is 0 Å². The maximum Gasteiger partial charge on any atom is 0.222 e. The van der Waals surface area contributed by atoms with Gasteiger partial charge >= 0.3 is 0 Å². The van der Waals surface area contributed by atoms with E-state index in [4.69, 9.17) is 0 Å². The third-order valence-electron chi connectivity index (χ3n) is 4.27. The van der Waals surface area contributed by atoms with Crippen molar-refractivity contribution in [2.75, 3.05) is 20.1 Å². The first-order valence-electron chi connectivity index (χ1n) is 7.56. The largest absolute Gasteiger partial charge is 0.340 e. The van der Waals surface area contributed by atoms with Gasteiger partial charge in [-0.2, -0.15) is 0 Å². The maximum atomic E-state index is 12.1. The van der Waals surface area contributed by atoms with Gasteiger partial charge in [-0.25, -0.2) is 0 Å². The zero-order valence-electron chi connectivity index (χ0n) is 13.1. The predicted octanol–water partition coefficient (Wildman–Crippen LogP) is 2.82. The molecular formula is C17H26N2O. The van der Waals surface area contributed by atoms with Crippen molar-refractivity contribution in [3.8, 4) is 0 Å². The zero-order valence-corrected chi connectivity index (χ0v) is 13.1. The molecule has 20 heavy (non-hydrogen) atoms. The molecule has 1 amide bonds. The lowest BCUT2D eigenvalue weighted by Gasteiger charge is -2.25. The fourth-order valence-electron chi connectivity index (χ4n) is 3.10. The molecular weight excluding hydrogens is 248 g/mol. The van der Waals surface area contributed by atoms with E-state index >= 15 is 0 Å². The number of amides is 1. The average molecular weight is 274 g/mol. The number of carbonyl (C=O) groups is 1. The zero-order chi connectivity index (χ0) is 14.7. The Morgan fingerprint density at radius 2 is 1.95 bits per heavy atom. The molecule has 2 rings (SSSR count). The van der Waals surface area contributed by atoms with Crippen LogP contribution in [0.15, 0.2) is 18.2 Å². The average Bonchev–Trinajstić information content (AvgIpc) is 2.75. The highest BCUT2D eigenvalue weighted by atomic mass is 16.2. The van der Waals surface area contributed by atoms with E-state index in [1.165, 1.54) is 16.7 Å². The number of rotatable bonds is 5. The standard InChI is InChI=1S/C17H26N2O/c1-5-14-9-17(20)19(10-14)11-16(18-4)15-7-12(2)6-13(3)8-15/h6-8,14,16,18H,5,9-11H2,1-4H3. The first kappa shape index (κ1) is 15.0. The predicted molar refractivity (Wildman–Crippen MR) is 82.7 cm³/mol. The third-order valence-corrected chi connectivity index (χ3v) is 4.27. The van der Waals surface area contributed by atoms with Crippen molar-refractivity contribution in [2.24, 2.45) is 5.92 Å². The summed E-state index contributed by atoms with van der Waals surface area (Å²) in [4.78, 5) is 14.1. The van der Waals surface area contributed by atoms with E-state index < -0.39 is 0 Å². The van der Waals surface area contributed by atoms with Crippen molar-refractivity contribution in [3.05, 3.63) is 34.9 Å². The van der Waals surface area contributed by atoms with Gasteiger partial charge < -0.3 is 10.2 Å². The van der Waals surface area contributed by atoms with Crippen LogP contribution < -0.4 is 5.32 Å². The second-order valence-electron chi connectivity index (χ2n) is 6.04. The van der Waals surface area contributed by atoms with Crippen molar-refractivity contribution in [1.82, 2.24) is 10.2 Å². The smallest absolute Gasteiger partial charge is 0.222 e. The van der Waals surface area contributed by atoms with Crippen LogP contribution in [-0.4, -0.2) is 30.9 Å². The molecule has 1 aromatic rings. The van der Waals surface area contributed by atoms with Gasteiger partial charge in [0, 0.05) is 25.6 Å². The van der Waals surface area contributed by atoms with Crippen molar-refractivity contribution in [3.63, 3.8) is 0 Å². The summed E-state index contributed by atoms with van der Waals surface area (Å²) in [6.07, 6.45) is 1.82. The minimum absolute atomic E-state index is 0.216. The van der Waals surface area contributed by atoms with Crippen LogP contribution in [0.3, 0.4) is 0 Å². The van der Waals surface area contributed by atoms with Gasteiger partial charge in [-0.15, -0.1) is 0 Å². The topological polar surface area (TPSA) is 32.3 Å². The minimum atomic E-state index is 0.216. The first-order chi connectivity index (χ1) is 9.53. The van der Waals surface area contributed by atoms with Crippen LogP contribution in [0.25, 0.3) is 0 Å². The third kappa shape index (κ3) is 3.40. The molecule has 3 nitrogen and oxygen atoms in total. The van der Waals surface area contributed by atoms with Crippen molar-refractivity contribution < 1.29 is 4.79 Å². The molecule has 3 heteroatoms. The van der Waals surface area contributed by atoms with Gasteiger partial charge in [0.1, 0.15) is 0 Å². The summed E-state index contributed by atoms with van der Waals surface area (Å²) in [5.74, 6) is 0.848. The van der Waals surface area contributed by atoms with E-state index in [1.807, 2.05) is 11.9 Å². The highest BCUT2D eigenvalue weighted by Crippen LogP contribution is 2.24. The fourth-order valence-corrected chi connectivity index (χ4v) is 3.10. The Balaban J connectivity index is 2.11. The molecule has 2 unspecified atom stereocenters. The molecule has 0 saturated carbocycles. The highest BCUT2D eigenvalue weighted by Gasteiger charge is 2.29. The molecule has 0 spiro atoms. The van der Waals surface area contributed by atoms with Gasteiger partial charge in [0.15, 0.2) is 0 Å². The van der Waals surface area contributed by atoms with E-state index in [-0.39, 0.29) is 6.04 Å². The number of hydrogen-bond donors (Lipinski definition) is 1. The van der Waals surface area contributed by atoms with Crippen molar-refractivity contribution in [1.29, 1.82) is 0 Å². The van der Waals surface area contributed by atoms with Gasteiger partial charge in [0.2, 0.25) is 5.91 Å². The van der Waals surface area contributed by atoms with Crippen LogP contribution in [0, 0.1) is 19.8 Å². The molecule has 2 atom stereocenters. The Morgan fingerprint density at radius 3 is 2.45 bits per heavy atom. The van der Waals surface area contributed by atoms with Crippen LogP contribution in [0.1, 0.15) is 42.5 Å². The lowest BCUT2D eigenvalue weighted by atomic mass is 10.0. The number of benzene rings is 1. The summed E-state index contributed by atoms with van der Waals surface area (Å²) < 4.78 is 0. The molecule has 1 saturated heterocycles. The van der Waals surface area contributed by atoms with Gasteiger partial charge in [0.05, 0.1) is 0 Å². The van der Waals surface area contributed by atoms with E-state index in [1.54, 1.807) is 0 Å². The van der Waals surface area contributed by atoms with Crippen molar-refractivity contribution in [2.45, 2.75) is 39.7 Å². The number of hydrogen-bond acceptors (Lipinski definition) is 2. The monoisotopic (exact) mass is 274 g/mol. The molecule has 1 fully saturated rings. The fraction of sp³-hybridized carbons (Fsp3) is 0.588. The summed E-state index contributed by atoms with van der Waals surface area (Å²) in [5, 5.41) is 3.36. The van der Waals surface area contributed by atoms with Gasteiger partial charge in [-0.3, -0.25) is 4.79 Å². The Morgan fingerprint density at radius 1 is 1.30 bits per heavy atom. The molecule has 0 bridgehead atoms. The maximum absolute atomic E-state index is 12.1. The van der Waals surface area contributed by atoms with Crippen LogP contribution in [0.5, 0.6) is 0 Å². The Hall–Kier alpha value is -1.35. The molecule has 110 valence electrons. The van der Waals surface area contributed by atoms with Crippen molar-refractivity contribution >= 4 is 5.91 Å². The second-order valence-corrected chi connectivity index (χ2v) is 6.04. The summed E-state index contributed by atoms with van der Waals surface area (Å²) >= 11 is 0. The molecule has 0 aromatic heterocycles. The molecule has 1 aliphatic heterocycles. The number of likely N-dealkylation sites (N-methyl/N-ethyl adjacent to an activating group) is 1. The van der Waals surface area contributed by atoms with E-state index in [2.05, 4.69) is 44.3 Å². The van der Waals surface area contributed by atoms with E-state index in [9.17, 15) is 4.79 Å². The molecule has 1 aliphatic rings. The SMILES string of the molecule is CCC1CC(=O)N(CC(NC)c2cc(C)cc(C)c2)C1. The Kier molecular flexibility index (Phi) is 4.81. The number of aryl methyl sites for hydroxylation is 2. The van der Waals surface area contributed by atoms with Gasteiger partial charge in [-0.05, 0) is 32.4 Å². The van der Waals surface area contributed by atoms with Gasteiger partial charge in [-0.1, -0.05) is 42.7 Å². The summed E-state index contributed by atoms with van der Waals surface area (Å²) in [6.45, 7) is 8.10. The number of nitrogens with one attached hydrogen (secondary N) is 1. The summed E-state index contributed by atoms with van der Waals surface area (Å²) in [5.41, 5.74) is 3.83. The summed E-state index contributed by atoms with van der Waals surface area (Å²) in [7, 11) is 1.97. The second kappa shape index (κ2) is 6.40. The highest BCUT2D eigenvalue weighted by molar-refractivity contribution is 5.78. The number of likely N-dealkylation sites (tertiary alicyclic amines) is 1. The normalized spacial score (nSPS) is 20.5. The molecule has 1 aromatic carbocycles. The number of carbonyl (C=O) groups excluding carboxylic acids is 1. The van der Waals surface area contributed by atoms with Gasteiger partial charge in [0.25, 0.3) is 0 Å². The number of nitrogens with zero attached hydrogens (tertiary/aromatic N) is 1. The van der Waals surface area contributed by atoms with Crippen LogP contribution >= 0.6 is 0 Å². The van der Waals surface area contributed by atoms with Crippen LogP contribution in [0.2, 0.25) is 0 Å². The molecule has 0 radical (unpaired) electrons. The lowest BCUT2D eigenvalue weighted by molar-refractivity contribution is -0.128. The van der Waals surface area contributed by atoms with Crippen LogP contribution in [-0.2, 0) is 4.79 Å². The molecule has 1 heterocycles. The van der Waals surface area contributed by atoms with E-state index in [0.29, 0.717) is 11.8 Å². The molecule has 0 aliphatic carbocycles. The lowest BCUT2D eigenvalue weighted by Crippen LogP contribution is -2.35. The molecule has 1 N–H and O–H groups in total. The summed E-state index contributed by atoms with van der Waals surface area (Å²) in [6, 6.07) is 6.83. The Bertz CT molecular complexity index is 464. The van der Waals surface area contributed by atoms with E-state index in [0.717, 1.165) is 25.9 Å². The Labute approximate surface area is 122 Å². The first-order valence-corrected chi connectivity index (χ1v) is 7.56. The minimum Gasteiger partial charge on any atom is -0.340 e.